The largest absolute Gasteiger partial charge is 0.385 e. The maximum absolute atomic E-state index is 13.0. The van der Waals surface area contributed by atoms with Crippen LogP contribution in [-0.2, 0) is 13.6 Å². The van der Waals surface area contributed by atoms with Crippen molar-refractivity contribution in [2.45, 2.75) is 58.1 Å². The van der Waals surface area contributed by atoms with Crippen LogP contribution >= 0.6 is 0 Å². The summed E-state index contributed by atoms with van der Waals surface area (Å²) >= 11 is 0. The lowest BCUT2D eigenvalue weighted by Crippen LogP contribution is -2.40. The number of imidazole rings is 1. The Morgan fingerprint density at radius 1 is 1.25 bits per heavy atom. The normalized spacial score (nSPS) is 20.0. The molecule has 3 heterocycles. The van der Waals surface area contributed by atoms with E-state index in [0.717, 1.165) is 25.1 Å². The molecule has 8 nitrogen and oxygen atoms in total. The summed E-state index contributed by atoms with van der Waals surface area (Å²) in [4.78, 5) is 19.1. The molecule has 28 heavy (non-hydrogen) atoms. The van der Waals surface area contributed by atoms with Crippen LogP contribution in [0.1, 0.15) is 66.6 Å². The number of likely N-dealkylation sites (tertiary alicyclic amines) is 1. The van der Waals surface area contributed by atoms with Crippen molar-refractivity contribution in [1.82, 2.24) is 29.4 Å². The summed E-state index contributed by atoms with van der Waals surface area (Å²) in [5.41, 5.74) is 1.34. The summed E-state index contributed by atoms with van der Waals surface area (Å²) in [6, 6.07) is 0. The van der Waals surface area contributed by atoms with Crippen molar-refractivity contribution < 1.29 is 9.90 Å². The summed E-state index contributed by atoms with van der Waals surface area (Å²) in [6.45, 7) is 4.06. The van der Waals surface area contributed by atoms with E-state index in [1.54, 1.807) is 6.20 Å². The molecule has 1 saturated heterocycles. The molecule has 1 aliphatic carbocycles. The maximum Gasteiger partial charge on any atom is 0.276 e. The Balaban J connectivity index is 1.36. The highest BCUT2D eigenvalue weighted by atomic mass is 16.3. The maximum atomic E-state index is 13.0. The fraction of sp³-hybridized carbons (Fsp3) is 0.700. The number of aromatic nitrogens is 5. The fourth-order valence-corrected chi connectivity index (χ4v) is 4.61. The van der Waals surface area contributed by atoms with Crippen LogP contribution in [0.3, 0.4) is 0 Å². The lowest BCUT2D eigenvalue weighted by atomic mass is 9.90. The van der Waals surface area contributed by atoms with E-state index in [1.165, 1.54) is 25.7 Å². The number of nitrogens with zero attached hydrogens (tertiary/aromatic N) is 6. The highest BCUT2D eigenvalue weighted by Gasteiger charge is 2.32. The van der Waals surface area contributed by atoms with E-state index in [9.17, 15) is 9.90 Å². The van der Waals surface area contributed by atoms with Gasteiger partial charge in [-0.1, -0.05) is 18.1 Å². The quantitative estimate of drug-likeness (QED) is 0.850. The minimum atomic E-state index is -0.591. The molecule has 1 aliphatic heterocycles. The van der Waals surface area contributed by atoms with Gasteiger partial charge in [0.15, 0.2) is 5.69 Å². The lowest BCUT2D eigenvalue weighted by molar-refractivity contribution is 0.0416. The van der Waals surface area contributed by atoms with Gasteiger partial charge in [-0.15, -0.1) is 5.10 Å². The highest BCUT2D eigenvalue weighted by molar-refractivity contribution is 5.93. The van der Waals surface area contributed by atoms with Gasteiger partial charge in [-0.3, -0.25) is 4.79 Å². The first-order valence-corrected chi connectivity index (χ1v) is 10.4. The average molecular weight is 387 g/mol. The number of aliphatic hydroxyl groups excluding tert-OH is 1. The molecule has 2 aliphatic rings. The summed E-state index contributed by atoms with van der Waals surface area (Å²) in [6.07, 6.45) is 9.55. The zero-order valence-electron chi connectivity index (χ0n) is 16.8. The number of piperidine rings is 1. The Morgan fingerprint density at radius 3 is 2.61 bits per heavy atom. The number of rotatable bonds is 5. The predicted octanol–water partition coefficient (Wildman–Crippen LogP) is 2.10. The van der Waals surface area contributed by atoms with Gasteiger partial charge in [-0.2, -0.15) is 0 Å². The molecule has 152 valence electrons. The molecule has 1 N–H and O–H groups in total. The number of hydrogen-bond donors (Lipinski definition) is 1. The zero-order valence-corrected chi connectivity index (χ0v) is 16.8. The van der Waals surface area contributed by atoms with E-state index in [4.69, 9.17) is 0 Å². The molecule has 8 heteroatoms. The summed E-state index contributed by atoms with van der Waals surface area (Å²) in [7, 11) is 1.89. The van der Waals surface area contributed by atoms with Crippen molar-refractivity contribution in [2.75, 3.05) is 13.1 Å². The number of carbonyl (C=O) groups excluding carboxylic acids is 1. The van der Waals surface area contributed by atoms with Crippen LogP contribution in [0.5, 0.6) is 0 Å². The van der Waals surface area contributed by atoms with Gasteiger partial charge in [0.1, 0.15) is 11.9 Å². The molecule has 2 aromatic heterocycles. The summed E-state index contributed by atoms with van der Waals surface area (Å²) in [5.74, 6) is 1.42. The van der Waals surface area contributed by atoms with Crippen LogP contribution in [0.25, 0.3) is 0 Å². The Hall–Kier alpha value is -2.22. The van der Waals surface area contributed by atoms with Crippen LogP contribution in [0.15, 0.2) is 12.4 Å². The van der Waals surface area contributed by atoms with E-state index in [1.807, 2.05) is 34.3 Å². The molecule has 0 bridgehead atoms. The van der Waals surface area contributed by atoms with Crippen molar-refractivity contribution in [3.05, 3.63) is 29.6 Å². The Bertz CT molecular complexity index is 815. The standard InChI is InChI=1S/C20H30N6O2/c1-14-17(22-23-26(14)13-15-5-3-4-6-15)20(28)25-10-7-16(8-11-25)18(27)19-21-9-12-24(19)2/h9,12,15-16,18,27H,3-8,10-11,13H2,1-2H3. The van der Waals surface area contributed by atoms with Crippen LogP contribution in [0.2, 0.25) is 0 Å². The molecule has 0 aromatic carbocycles. The third-order valence-electron chi connectivity index (χ3n) is 6.49. The fourth-order valence-electron chi connectivity index (χ4n) is 4.61. The van der Waals surface area contributed by atoms with E-state index in [-0.39, 0.29) is 11.8 Å². The Morgan fingerprint density at radius 2 is 1.96 bits per heavy atom. The van der Waals surface area contributed by atoms with E-state index in [0.29, 0.717) is 30.5 Å². The predicted molar refractivity (Wildman–Crippen MR) is 104 cm³/mol. The molecule has 2 aromatic rings. The second-order valence-corrected chi connectivity index (χ2v) is 8.33. The molecule has 1 amide bonds. The number of aryl methyl sites for hydroxylation is 1. The lowest BCUT2D eigenvalue weighted by Gasteiger charge is -2.33. The molecule has 0 radical (unpaired) electrons. The van der Waals surface area contributed by atoms with Gasteiger partial charge in [0.05, 0.1) is 5.69 Å². The number of hydrogen-bond acceptors (Lipinski definition) is 5. The monoisotopic (exact) mass is 386 g/mol. The molecular weight excluding hydrogens is 356 g/mol. The van der Waals surface area contributed by atoms with Crippen LogP contribution < -0.4 is 0 Å². The van der Waals surface area contributed by atoms with Gasteiger partial charge >= 0.3 is 0 Å². The van der Waals surface area contributed by atoms with Crippen molar-refractivity contribution in [3.63, 3.8) is 0 Å². The zero-order chi connectivity index (χ0) is 19.7. The van der Waals surface area contributed by atoms with Crippen molar-refractivity contribution in [1.29, 1.82) is 0 Å². The first-order valence-electron chi connectivity index (χ1n) is 10.4. The summed E-state index contributed by atoms with van der Waals surface area (Å²) < 4.78 is 3.76. The van der Waals surface area contributed by atoms with Gasteiger partial charge in [0, 0.05) is 39.1 Å². The molecule has 4 rings (SSSR count). The van der Waals surface area contributed by atoms with Crippen molar-refractivity contribution >= 4 is 5.91 Å². The number of carbonyl (C=O) groups is 1. The molecule has 1 saturated carbocycles. The SMILES string of the molecule is Cc1c(C(=O)N2CCC(C(O)c3nccn3C)CC2)nnn1CC1CCCC1. The van der Waals surface area contributed by atoms with Crippen LogP contribution in [0, 0.1) is 18.8 Å². The van der Waals surface area contributed by atoms with Gasteiger partial charge in [-0.25, -0.2) is 9.67 Å². The van der Waals surface area contributed by atoms with E-state index in [2.05, 4.69) is 15.3 Å². The topological polar surface area (TPSA) is 89.1 Å². The first-order chi connectivity index (χ1) is 13.5. The molecular formula is C20H30N6O2. The van der Waals surface area contributed by atoms with Gasteiger partial charge in [0.2, 0.25) is 0 Å². The second kappa shape index (κ2) is 8.03. The minimum absolute atomic E-state index is 0.0416. The average Bonchev–Trinajstić information content (AvgIpc) is 3.44. The van der Waals surface area contributed by atoms with Crippen molar-refractivity contribution in [3.8, 4) is 0 Å². The van der Waals surface area contributed by atoms with E-state index < -0.39 is 6.10 Å². The summed E-state index contributed by atoms with van der Waals surface area (Å²) in [5, 5.41) is 19.1. The first kappa shape index (κ1) is 19.1. The Labute approximate surface area is 165 Å². The van der Waals surface area contributed by atoms with Crippen LogP contribution in [0.4, 0.5) is 0 Å². The molecule has 1 atom stereocenters. The molecule has 1 unspecified atom stereocenters. The van der Waals surface area contributed by atoms with E-state index >= 15 is 0 Å². The minimum Gasteiger partial charge on any atom is -0.385 e. The smallest absolute Gasteiger partial charge is 0.276 e. The van der Waals surface area contributed by atoms with Gasteiger partial charge in [0.25, 0.3) is 5.91 Å². The van der Waals surface area contributed by atoms with Gasteiger partial charge < -0.3 is 14.6 Å². The molecule has 2 fully saturated rings. The number of amides is 1. The molecule has 0 spiro atoms. The number of aliphatic hydroxyl groups is 1. The third kappa shape index (κ3) is 3.70. The van der Waals surface area contributed by atoms with Gasteiger partial charge in [-0.05, 0) is 44.4 Å². The highest BCUT2D eigenvalue weighted by Crippen LogP contribution is 2.30. The van der Waals surface area contributed by atoms with Crippen molar-refractivity contribution in [2.24, 2.45) is 18.9 Å². The van der Waals surface area contributed by atoms with Crippen LogP contribution in [-0.4, -0.2) is 53.5 Å². The second-order valence-electron chi connectivity index (χ2n) is 8.33. The Kier molecular flexibility index (Phi) is 5.48. The third-order valence-corrected chi connectivity index (χ3v) is 6.49.